The number of rotatable bonds is 14. The lowest BCUT2D eigenvalue weighted by molar-refractivity contribution is 0.126. The molecule has 0 radical (unpaired) electrons. The van der Waals surface area contributed by atoms with E-state index in [-0.39, 0.29) is 0 Å². The Morgan fingerprint density at radius 3 is 2.06 bits per heavy atom. The van der Waals surface area contributed by atoms with Crippen LogP contribution in [0.3, 0.4) is 0 Å². The van der Waals surface area contributed by atoms with Gasteiger partial charge in [0.25, 0.3) is 0 Å². The Morgan fingerprint density at radius 1 is 0.778 bits per heavy atom. The molecule has 0 amide bonds. The van der Waals surface area contributed by atoms with Gasteiger partial charge in [-0.05, 0) is 38.5 Å². The zero-order valence-electron chi connectivity index (χ0n) is 12.0. The summed E-state index contributed by atoms with van der Waals surface area (Å²) in [7, 11) is 2.29. The van der Waals surface area contributed by atoms with Gasteiger partial charge in [0.15, 0.2) is 0 Å². The molecule has 0 aromatic heterocycles. The molecule has 0 fully saturated rings. The van der Waals surface area contributed by atoms with Crippen LogP contribution in [0.15, 0.2) is 12.2 Å². The standard InChI is InChI=1S/C15H31O2P/c1-2-3-4-5-6-7-10-13-16-14-11-8-9-12-15-17-18/h4-5H,2-3,6-15,18H2,1H3. The van der Waals surface area contributed by atoms with Gasteiger partial charge < -0.3 is 9.26 Å². The Bertz CT molecular complexity index is 172. The van der Waals surface area contributed by atoms with Crippen molar-refractivity contribution < 1.29 is 9.26 Å². The monoisotopic (exact) mass is 274 g/mol. The fourth-order valence-electron chi connectivity index (χ4n) is 1.71. The summed E-state index contributed by atoms with van der Waals surface area (Å²) in [6.07, 6.45) is 15.6. The first-order valence-corrected chi connectivity index (χ1v) is 7.93. The number of ether oxygens (including phenoxy) is 1. The lowest BCUT2D eigenvalue weighted by Crippen LogP contribution is -1.97. The normalized spacial score (nSPS) is 11.4. The van der Waals surface area contributed by atoms with Gasteiger partial charge in [-0.3, -0.25) is 0 Å². The zero-order valence-corrected chi connectivity index (χ0v) is 13.2. The van der Waals surface area contributed by atoms with Gasteiger partial charge in [-0.2, -0.15) is 0 Å². The molecule has 0 aliphatic heterocycles. The highest BCUT2D eigenvalue weighted by molar-refractivity contribution is 7.09. The van der Waals surface area contributed by atoms with E-state index < -0.39 is 0 Å². The van der Waals surface area contributed by atoms with E-state index in [1.807, 2.05) is 0 Å². The summed E-state index contributed by atoms with van der Waals surface area (Å²) in [5.41, 5.74) is 0. The smallest absolute Gasteiger partial charge is 0.0501 e. The van der Waals surface area contributed by atoms with Gasteiger partial charge in [0.05, 0.1) is 6.61 Å². The van der Waals surface area contributed by atoms with Crippen LogP contribution in [-0.2, 0) is 9.26 Å². The summed E-state index contributed by atoms with van der Waals surface area (Å²) < 4.78 is 10.5. The van der Waals surface area contributed by atoms with Crippen molar-refractivity contribution in [3.05, 3.63) is 12.2 Å². The Kier molecular flexibility index (Phi) is 17.2. The first-order valence-electron chi connectivity index (χ1n) is 7.46. The fourth-order valence-corrected chi connectivity index (χ4v) is 1.88. The van der Waals surface area contributed by atoms with Crippen molar-refractivity contribution >= 4 is 9.47 Å². The van der Waals surface area contributed by atoms with E-state index in [1.54, 1.807) is 0 Å². The quantitative estimate of drug-likeness (QED) is 0.255. The number of hydrogen-bond donors (Lipinski definition) is 0. The SMILES string of the molecule is CCCC=CCCCCOCCCCCCOP. The molecule has 0 aromatic carbocycles. The Hall–Kier alpha value is 0.0900. The molecule has 3 heteroatoms. The molecule has 0 N–H and O–H groups in total. The van der Waals surface area contributed by atoms with Crippen molar-refractivity contribution in [2.45, 2.75) is 64.7 Å². The number of unbranched alkanes of at least 4 members (excludes halogenated alkanes) is 6. The van der Waals surface area contributed by atoms with E-state index in [2.05, 4.69) is 28.5 Å². The van der Waals surface area contributed by atoms with Gasteiger partial charge in [-0.1, -0.05) is 38.3 Å². The molecule has 0 saturated carbocycles. The molecule has 1 atom stereocenters. The van der Waals surface area contributed by atoms with Crippen LogP contribution in [0.4, 0.5) is 0 Å². The molecule has 1 unspecified atom stereocenters. The van der Waals surface area contributed by atoms with Crippen LogP contribution in [0.2, 0.25) is 0 Å². The highest BCUT2D eigenvalue weighted by Gasteiger charge is 1.91. The highest BCUT2D eigenvalue weighted by Crippen LogP contribution is 2.03. The largest absolute Gasteiger partial charge is 0.381 e. The van der Waals surface area contributed by atoms with Gasteiger partial charge in [-0.25, -0.2) is 0 Å². The Labute approximate surface area is 116 Å². The Morgan fingerprint density at radius 2 is 1.39 bits per heavy atom. The highest BCUT2D eigenvalue weighted by atomic mass is 31.0. The lowest BCUT2D eigenvalue weighted by Gasteiger charge is -2.03. The van der Waals surface area contributed by atoms with E-state index in [0.717, 1.165) is 26.2 Å². The molecule has 0 spiro atoms. The first kappa shape index (κ1) is 18.1. The van der Waals surface area contributed by atoms with Gasteiger partial charge in [0.2, 0.25) is 0 Å². The molecule has 0 heterocycles. The summed E-state index contributed by atoms with van der Waals surface area (Å²) in [6.45, 7) is 4.92. The second-order valence-corrected chi connectivity index (χ2v) is 4.99. The van der Waals surface area contributed by atoms with E-state index in [4.69, 9.17) is 9.26 Å². The maximum Gasteiger partial charge on any atom is 0.0501 e. The predicted molar refractivity (Wildman–Crippen MR) is 82.8 cm³/mol. The second-order valence-electron chi connectivity index (χ2n) is 4.65. The average Bonchev–Trinajstić information content (AvgIpc) is 2.39. The van der Waals surface area contributed by atoms with E-state index >= 15 is 0 Å². The minimum Gasteiger partial charge on any atom is -0.381 e. The molecule has 0 aromatic rings. The van der Waals surface area contributed by atoms with Gasteiger partial charge in [-0.15, -0.1) is 0 Å². The lowest BCUT2D eigenvalue weighted by atomic mass is 10.2. The summed E-state index contributed by atoms with van der Waals surface area (Å²) in [6, 6.07) is 0. The number of allylic oxidation sites excluding steroid dienone is 2. The minimum atomic E-state index is 0.858. The molecule has 0 bridgehead atoms. The van der Waals surface area contributed by atoms with Crippen LogP contribution in [0.5, 0.6) is 0 Å². The molecule has 0 rings (SSSR count). The van der Waals surface area contributed by atoms with Crippen LogP contribution < -0.4 is 0 Å². The Balaban J connectivity index is 2.94. The molecule has 2 nitrogen and oxygen atoms in total. The van der Waals surface area contributed by atoms with Crippen LogP contribution in [0.1, 0.15) is 64.7 Å². The topological polar surface area (TPSA) is 18.5 Å². The van der Waals surface area contributed by atoms with E-state index in [1.165, 1.54) is 51.4 Å². The van der Waals surface area contributed by atoms with Gasteiger partial charge >= 0.3 is 0 Å². The van der Waals surface area contributed by atoms with Crippen molar-refractivity contribution in [1.29, 1.82) is 0 Å². The average molecular weight is 274 g/mol. The molecule has 0 aliphatic carbocycles. The summed E-state index contributed by atoms with van der Waals surface area (Å²) in [4.78, 5) is 0. The predicted octanol–water partition coefficient (Wildman–Crippen LogP) is 4.90. The molecule has 0 saturated heterocycles. The van der Waals surface area contributed by atoms with Crippen LogP contribution in [-0.4, -0.2) is 19.8 Å². The molecular weight excluding hydrogens is 243 g/mol. The second kappa shape index (κ2) is 17.1. The van der Waals surface area contributed by atoms with Crippen molar-refractivity contribution in [2.75, 3.05) is 19.8 Å². The van der Waals surface area contributed by atoms with E-state index in [0.29, 0.717) is 0 Å². The molecular formula is C15H31O2P. The number of hydrogen-bond acceptors (Lipinski definition) is 2. The molecule has 108 valence electrons. The zero-order chi connectivity index (χ0) is 13.3. The van der Waals surface area contributed by atoms with E-state index in [9.17, 15) is 0 Å². The molecule has 18 heavy (non-hydrogen) atoms. The van der Waals surface area contributed by atoms with Crippen molar-refractivity contribution in [3.8, 4) is 0 Å². The van der Waals surface area contributed by atoms with Crippen molar-refractivity contribution in [2.24, 2.45) is 0 Å². The third-order valence-electron chi connectivity index (χ3n) is 2.83. The van der Waals surface area contributed by atoms with Gasteiger partial charge in [0, 0.05) is 22.7 Å². The maximum atomic E-state index is 5.61. The van der Waals surface area contributed by atoms with Crippen molar-refractivity contribution in [1.82, 2.24) is 0 Å². The summed E-state index contributed by atoms with van der Waals surface area (Å²) in [5.74, 6) is 0. The minimum absolute atomic E-state index is 0.858. The summed E-state index contributed by atoms with van der Waals surface area (Å²) >= 11 is 0. The third kappa shape index (κ3) is 16.1. The van der Waals surface area contributed by atoms with Crippen LogP contribution in [0.25, 0.3) is 0 Å². The van der Waals surface area contributed by atoms with Crippen LogP contribution >= 0.6 is 9.47 Å². The van der Waals surface area contributed by atoms with Gasteiger partial charge in [0.1, 0.15) is 0 Å². The van der Waals surface area contributed by atoms with Crippen molar-refractivity contribution in [3.63, 3.8) is 0 Å². The third-order valence-corrected chi connectivity index (χ3v) is 3.07. The fraction of sp³-hybridized carbons (Fsp3) is 0.867. The first-order chi connectivity index (χ1) is 8.91. The molecule has 0 aliphatic rings. The summed E-state index contributed by atoms with van der Waals surface area (Å²) in [5, 5.41) is 0. The maximum absolute atomic E-state index is 5.61. The van der Waals surface area contributed by atoms with Crippen LogP contribution in [0, 0.1) is 0 Å².